The zero-order valence-electron chi connectivity index (χ0n) is 8.50. The third-order valence-electron chi connectivity index (χ3n) is 1.39. The Morgan fingerprint density at radius 1 is 1.42 bits per heavy atom. The SMILES string of the molecule is CCC[N+](C)(C)CC(=O)O.CN. The Morgan fingerprint density at radius 2 is 1.83 bits per heavy atom. The lowest BCUT2D eigenvalue weighted by atomic mass is 10.4. The molecule has 0 unspecified atom stereocenters. The molecule has 12 heavy (non-hydrogen) atoms. The number of likely N-dealkylation sites (N-methyl/N-ethyl adjacent to an activating group) is 1. The number of carboxylic acid groups (broad SMARTS) is 1. The highest BCUT2D eigenvalue weighted by atomic mass is 16.4. The first-order valence-corrected chi connectivity index (χ1v) is 4.09. The molecular formula is C8H21N2O2+. The number of nitrogens with two attached hydrogens (primary N) is 1. The number of carbonyl (C=O) groups is 1. The van der Waals surface area contributed by atoms with Crippen molar-refractivity contribution < 1.29 is 14.4 Å². The molecule has 0 amide bonds. The molecule has 0 aliphatic heterocycles. The van der Waals surface area contributed by atoms with Gasteiger partial charge in [-0.3, -0.25) is 0 Å². The van der Waals surface area contributed by atoms with Gasteiger partial charge in [0.15, 0.2) is 6.54 Å². The van der Waals surface area contributed by atoms with Gasteiger partial charge >= 0.3 is 5.97 Å². The van der Waals surface area contributed by atoms with Gasteiger partial charge < -0.3 is 15.3 Å². The molecule has 0 fully saturated rings. The number of aliphatic carboxylic acids is 1. The molecule has 0 radical (unpaired) electrons. The van der Waals surface area contributed by atoms with Gasteiger partial charge in [0.2, 0.25) is 0 Å². The number of hydrogen-bond donors (Lipinski definition) is 2. The number of quaternary nitrogens is 1. The summed E-state index contributed by atoms with van der Waals surface area (Å²) in [6, 6.07) is 0. The fourth-order valence-electron chi connectivity index (χ4n) is 1.05. The second-order valence-electron chi connectivity index (χ2n) is 3.21. The van der Waals surface area contributed by atoms with E-state index in [-0.39, 0.29) is 6.54 Å². The van der Waals surface area contributed by atoms with Crippen LogP contribution in [0.4, 0.5) is 0 Å². The van der Waals surface area contributed by atoms with Gasteiger partial charge in [-0.1, -0.05) is 6.92 Å². The van der Waals surface area contributed by atoms with Crippen molar-refractivity contribution in [3.8, 4) is 0 Å². The molecule has 0 rings (SSSR count). The zero-order chi connectivity index (χ0) is 10.2. The van der Waals surface area contributed by atoms with Crippen LogP contribution in [-0.2, 0) is 4.79 Å². The van der Waals surface area contributed by atoms with E-state index in [1.54, 1.807) is 0 Å². The maximum absolute atomic E-state index is 10.3. The van der Waals surface area contributed by atoms with Crippen LogP contribution < -0.4 is 5.73 Å². The molecule has 0 aromatic carbocycles. The van der Waals surface area contributed by atoms with E-state index in [0.29, 0.717) is 4.48 Å². The molecule has 4 nitrogen and oxygen atoms in total. The summed E-state index contributed by atoms with van der Waals surface area (Å²) in [5.41, 5.74) is 4.50. The van der Waals surface area contributed by atoms with E-state index < -0.39 is 5.97 Å². The lowest BCUT2D eigenvalue weighted by Crippen LogP contribution is -2.44. The molecule has 0 aromatic heterocycles. The van der Waals surface area contributed by atoms with E-state index in [4.69, 9.17) is 5.11 Å². The van der Waals surface area contributed by atoms with Crippen LogP contribution in [0.3, 0.4) is 0 Å². The second kappa shape index (κ2) is 7.06. The van der Waals surface area contributed by atoms with Gasteiger partial charge in [0, 0.05) is 0 Å². The standard InChI is InChI=1S/C7H15NO2.CH5N/c1-4-5-8(2,3)6-7(9)10;1-2/h4-6H2,1-3H3;2H2,1H3/p+1. The number of hydrogen-bond acceptors (Lipinski definition) is 2. The van der Waals surface area contributed by atoms with Gasteiger partial charge in [-0.2, -0.15) is 0 Å². The highest BCUT2D eigenvalue weighted by molar-refractivity contribution is 5.67. The monoisotopic (exact) mass is 177 g/mol. The third kappa shape index (κ3) is 9.39. The van der Waals surface area contributed by atoms with Crippen LogP contribution >= 0.6 is 0 Å². The van der Waals surface area contributed by atoms with Crippen molar-refractivity contribution in [3.05, 3.63) is 0 Å². The molecule has 0 saturated carbocycles. The van der Waals surface area contributed by atoms with Crippen molar-refractivity contribution >= 4 is 5.97 Å². The van der Waals surface area contributed by atoms with Gasteiger partial charge in [0.1, 0.15) is 0 Å². The van der Waals surface area contributed by atoms with Crippen molar-refractivity contribution in [3.63, 3.8) is 0 Å². The van der Waals surface area contributed by atoms with E-state index in [9.17, 15) is 4.79 Å². The molecule has 0 spiro atoms. The molecule has 0 bridgehead atoms. The Morgan fingerprint density at radius 3 is 2.08 bits per heavy atom. The first-order chi connectivity index (χ1) is 5.48. The first-order valence-electron chi connectivity index (χ1n) is 4.09. The molecule has 0 saturated heterocycles. The zero-order valence-corrected chi connectivity index (χ0v) is 8.50. The summed E-state index contributed by atoms with van der Waals surface area (Å²) in [5, 5.41) is 8.46. The minimum atomic E-state index is -0.724. The van der Waals surface area contributed by atoms with Gasteiger partial charge in [-0.15, -0.1) is 0 Å². The maximum atomic E-state index is 10.3. The molecular weight excluding hydrogens is 156 g/mol. The lowest BCUT2D eigenvalue weighted by molar-refractivity contribution is -0.883. The highest BCUT2D eigenvalue weighted by Crippen LogP contribution is 1.97. The molecule has 0 aliphatic carbocycles. The molecule has 0 aromatic rings. The molecule has 3 N–H and O–H groups in total. The van der Waals surface area contributed by atoms with E-state index in [1.807, 2.05) is 14.1 Å². The van der Waals surface area contributed by atoms with Crippen LogP contribution in [0.5, 0.6) is 0 Å². The lowest BCUT2D eigenvalue weighted by Gasteiger charge is -2.26. The normalized spacial score (nSPS) is 10.1. The van der Waals surface area contributed by atoms with Gasteiger partial charge in [-0.25, -0.2) is 4.79 Å². The Bertz CT molecular complexity index is 124. The number of nitrogens with zero attached hydrogens (tertiary/aromatic N) is 1. The predicted octanol–water partition coefficient (Wildman–Crippen LogP) is 0.132. The largest absolute Gasteiger partial charge is 0.477 e. The van der Waals surface area contributed by atoms with Crippen LogP contribution in [0, 0.1) is 0 Å². The van der Waals surface area contributed by atoms with Crippen LogP contribution in [0.15, 0.2) is 0 Å². The van der Waals surface area contributed by atoms with Crippen LogP contribution in [0.1, 0.15) is 13.3 Å². The van der Waals surface area contributed by atoms with Crippen molar-refractivity contribution in [2.45, 2.75) is 13.3 Å². The molecule has 0 aliphatic rings. The van der Waals surface area contributed by atoms with Crippen LogP contribution in [-0.4, -0.2) is 49.8 Å². The number of carboxylic acids is 1. The van der Waals surface area contributed by atoms with Gasteiger partial charge in [-0.05, 0) is 13.5 Å². The minimum Gasteiger partial charge on any atom is -0.477 e. The van der Waals surface area contributed by atoms with E-state index >= 15 is 0 Å². The summed E-state index contributed by atoms with van der Waals surface area (Å²) in [6.45, 7) is 3.20. The second-order valence-corrected chi connectivity index (χ2v) is 3.21. The van der Waals surface area contributed by atoms with Gasteiger partial charge in [0.25, 0.3) is 0 Å². The fourth-order valence-corrected chi connectivity index (χ4v) is 1.05. The Balaban J connectivity index is 0. The fraction of sp³-hybridized carbons (Fsp3) is 0.875. The topological polar surface area (TPSA) is 63.3 Å². The summed E-state index contributed by atoms with van der Waals surface area (Å²) in [6.07, 6.45) is 1.03. The summed E-state index contributed by atoms with van der Waals surface area (Å²) in [4.78, 5) is 10.3. The average Bonchev–Trinajstić information content (AvgIpc) is 1.88. The minimum absolute atomic E-state index is 0.216. The summed E-state index contributed by atoms with van der Waals surface area (Å²) >= 11 is 0. The van der Waals surface area contributed by atoms with Crippen LogP contribution in [0.25, 0.3) is 0 Å². The predicted molar refractivity (Wildman–Crippen MR) is 49.9 cm³/mol. The smallest absolute Gasteiger partial charge is 0.359 e. The Hall–Kier alpha value is -0.610. The molecule has 0 atom stereocenters. The average molecular weight is 177 g/mol. The van der Waals surface area contributed by atoms with E-state index in [2.05, 4.69) is 12.7 Å². The summed E-state index contributed by atoms with van der Waals surface area (Å²) < 4.78 is 0.575. The van der Waals surface area contributed by atoms with Crippen molar-refractivity contribution in [2.24, 2.45) is 5.73 Å². The third-order valence-corrected chi connectivity index (χ3v) is 1.39. The number of rotatable bonds is 4. The highest BCUT2D eigenvalue weighted by Gasteiger charge is 2.17. The van der Waals surface area contributed by atoms with Gasteiger partial charge in [0.05, 0.1) is 20.6 Å². The summed E-state index contributed by atoms with van der Waals surface area (Å²) in [7, 11) is 5.36. The molecule has 0 heterocycles. The molecule has 4 heteroatoms. The van der Waals surface area contributed by atoms with Crippen molar-refractivity contribution in [1.29, 1.82) is 0 Å². The Kier molecular flexibility index (Phi) is 8.21. The van der Waals surface area contributed by atoms with Crippen LogP contribution in [0.2, 0.25) is 0 Å². The van der Waals surface area contributed by atoms with Crippen molar-refractivity contribution in [2.75, 3.05) is 34.2 Å². The quantitative estimate of drug-likeness (QED) is 0.600. The first kappa shape index (κ1) is 13.9. The Labute approximate surface area is 74.6 Å². The van der Waals surface area contributed by atoms with E-state index in [0.717, 1.165) is 13.0 Å². The summed E-state index contributed by atoms with van der Waals surface area (Å²) in [5.74, 6) is -0.724. The maximum Gasteiger partial charge on any atom is 0.359 e. The van der Waals surface area contributed by atoms with E-state index in [1.165, 1.54) is 7.05 Å². The van der Waals surface area contributed by atoms with Crippen molar-refractivity contribution in [1.82, 2.24) is 0 Å². The molecule has 74 valence electrons.